The van der Waals surface area contributed by atoms with Crippen molar-refractivity contribution in [1.29, 1.82) is 0 Å². The Morgan fingerprint density at radius 2 is 1.82 bits per heavy atom. The van der Waals surface area contributed by atoms with Gasteiger partial charge in [0.25, 0.3) is 5.91 Å². The van der Waals surface area contributed by atoms with Gasteiger partial charge in [0.2, 0.25) is 5.91 Å². The molecule has 0 saturated heterocycles. The monoisotopic (exact) mass is 514 g/mol. The van der Waals surface area contributed by atoms with Crippen LogP contribution in [0.2, 0.25) is 5.02 Å². The average molecular weight is 515 g/mol. The Morgan fingerprint density at radius 3 is 2.43 bits per heavy atom. The second-order valence-corrected chi connectivity index (χ2v) is 8.42. The topological polar surface area (TPSA) is 58.6 Å². The van der Waals surface area contributed by atoms with Gasteiger partial charge in [-0.25, -0.2) is 0 Å². The smallest absolute Gasteiger partial charge is 0.261 e. The van der Waals surface area contributed by atoms with E-state index in [1.807, 2.05) is 50.2 Å². The number of carbonyl (C=O) groups excluding carboxylic acids is 2. The summed E-state index contributed by atoms with van der Waals surface area (Å²) in [6, 6.07) is 14.0. The van der Waals surface area contributed by atoms with E-state index >= 15 is 0 Å². The summed E-state index contributed by atoms with van der Waals surface area (Å²) in [7, 11) is 0. The maximum absolute atomic E-state index is 12.9. The second kappa shape index (κ2) is 10.7. The molecule has 0 bridgehead atoms. The highest BCUT2D eigenvalue weighted by Gasteiger charge is 2.26. The average Bonchev–Trinajstić information content (AvgIpc) is 2.64. The second-order valence-electron chi connectivity index (χ2n) is 6.73. The number of hydrogen-bond acceptors (Lipinski definition) is 3. The van der Waals surface area contributed by atoms with Crippen LogP contribution in [0.15, 0.2) is 48.5 Å². The minimum absolute atomic E-state index is 0.0129. The van der Waals surface area contributed by atoms with Crippen molar-refractivity contribution in [3.8, 4) is 5.75 Å². The first-order chi connectivity index (χ1) is 13.3. The van der Waals surface area contributed by atoms with Crippen LogP contribution in [0.1, 0.15) is 26.3 Å². The summed E-state index contributed by atoms with van der Waals surface area (Å²) in [6.07, 6.45) is 0. The lowest BCUT2D eigenvalue weighted by Crippen LogP contribution is -2.50. The molecule has 7 heteroatoms. The highest BCUT2D eigenvalue weighted by Crippen LogP contribution is 2.17. The molecule has 0 unspecified atom stereocenters. The Hall–Kier alpha value is -1.80. The van der Waals surface area contributed by atoms with Crippen LogP contribution in [-0.2, 0) is 16.1 Å². The van der Waals surface area contributed by atoms with E-state index in [0.717, 1.165) is 9.13 Å². The summed E-state index contributed by atoms with van der Waals surface area (Å²) in [4.78, 5) is 26.9. The van der Waals surface area contributed by atoms with Gasteiger partial charge < -0.3 is 15.0 Å². The van der Waals surface area contributed by atoms with Crippen LogP contribution < -0.4 is 10.1 Å². The Bertz CT molecular complexity index is 812. The minimum atomic E-state index is -0.644. The fraction of sp³-hybridized carbons (Fsp3) is 0.333. The molecule has 1 atom stereocenters. The Morgan fingerprint density at radius 1 is 1.14 bits per heavy atom. The number of carbonyl (C=O) groups is 2. The van der Waals surface area contributed by atoms with Crippen LogP contribution in [0.4, 0.5) is 0 Å². The van der Waals surface area contributed by atoms with Crippen LogP contribution >= 0.6 is 34.2 Å². The number of hydrogen-bond donors (Lipinski definition) is 1. The Balaban J connectivity index is 2.14. The molecule has 0 saturated carbocycles. The van der Waals surface area contributed by atoms with Crippen LogP contribution in [-0.4, -0.2) is 35.4 Å². The van der Waals surface area contributed by atoms with Gasteiger partial charge in [-0.3, -0.25) is 9.59 Å². The van der Waals surface area contributed by atoms with E-state index in [1.54, 1.807) is 19.1 Å². The molecule has 0 aliphatic carbocycles. The fourth-order valence-corrected chi connectivity index (χ4v) is 3.15. The van der Waals surface area contributed by atoms with Gasteiger partial charge in [0.05, 0.1) is 0 Å². The molecule has 0 spiro atoms. The van der Waals surface area contributed by atoms with Crippen LogP contribution in [0, 0.1) is 3.57 Å². The van der Waals surface area contributed by atoms with Gasteiger partial charge in [-0.2, -0.15) is 0 Å². The van der Waals surface area contributed by atoms with Crippen molar-refractivity contribution >= 4 is 46.0 Å². The minimum Gasteiger partial charge on any atom is -0.484 e. The van der Waals surface area contributed by atoms with Gasteiger partial charge in [0.1, 0.15) is 11.8 Å². The number of ether oxygens (including phenoxy) is 1. The van der Waals surface area contributed by atoms with E-state index < -0.39 is 6.04 Å². The highest BCUT2D eigenvalue weighted by atomic mass is 127. The van der Waals surface area contributed by atoms with Crippen molar-refractivity contribution < 1.29 is 14.3 Å². The van der Waals surface area contributed by atoms with E-state index in [-0.39, 0.29) is 31.0 Å². The third kappa shape index (κ3) is 6.98. The van der Waals surface area contributed by atoms with Crippen molar-refractivity contribution in [3.05, 3.63) is 62.7 Å². The molecule has 2 rings (SSSR count). The predicted octanol–water partition coefficient (Wildman–Crippen LogP) is 4.27. The van der Waals surface area contributed by atoms with Crippen LogP contribution in [0.5, 0.6) is 5.75 Å². The molecular formula is C21H24ClIN2O3. The van der Waals surface area contributed by atoms with E-state index in [2.05, 4.69) is 27.9 Å². The first-order valence-corrected chi connectivity index (χ1v) is 10.4. The van der Waals surface area contributed by atoms with Gasteiger partial charge in [-0.1, -0.05) is 23.7 Å². The molecule has 0 radical (unpaired) electrons. The quantitative estimate of drug-likeness (QED) is 0.536. The number of nitrogens with one attached hydrogen (secondary N) is 1. The zero-order valence-corrected chi connectivity index (χ0v) is 19.0. The summed E-state index contributed by atoms with van der Waals surface area (Å²) >= 11 is 8.27. The van der Waals surface area contributed by atoms with E-state index in [0.29, 0.717) is 10.8 Å². The van der Waals surface area contributed by atoms with Gasteiger partial charge in [-0.05, 0) is 85.3 Å². The summed E-state index contributed by atoms with van der Waals surface area (Å²) in [5.74, 6) is 0.125. The van der Waals surface area contributed by atoms with Gasteiger partial charge in [0, 0.05) is 21.2 Å². The van der Waals surface area contributed by atoms with Crippen molar-refractivity contribution in [2.45, 2.75) is 39.4 Å². The van der Waals surface area contributed by atoms with E-state index in [1.165, 1.54) is 4.90 Å². The van der Waals surface area contributed by atoms with Gasteiger partial charge >= 0.3 is 0 Å². The Labute approximate surface area is 184 Å². The molecule has 0 aliphatic heterocycles. The number of nitrogens with zero attached hydrogens (tertiary/aromatic N) is 1. The van der Waals surface area contributed by atoms with Gasteiger partial charge in [0.15, 0.2) is 6.61 Å². The summed E-state index contributed by atoms with van der Waals surface area (Å²) in [5.41, 5.74) is 0.847. The third-order valence-electron chi connectivity index (χ3n) is 4.02. The maximum atomic E-state index is 12.9. The molecule has 0 fully saturated rings. The number of amides is 2. The molecule has 0 heterocycles. The molecular weight excluding hydrogens is 491 g/mol. The van der Waals surface area contributed by atoms with Crippen molar-refractivity contribution in [2.75, 3.05) is 6.61 Å². The van der Waals surface area contributed by atoms with Crippen LogP contribution in [0.25, 0.3) is 0 Å². The highest BCUT2D eigenvalue weighted by molar-refractivity contribution is 14.1. The SMILES string of the molecule is CC(C)NC(=O)[C@@H](C)N(Cc1cccc(Cl)c1)C(=O)COc1ccc(I)cc1. The molecule has 1 N–H and O–H groups in total. The van der Waals surface area contributed by atoms with Crippen LogP contribution in [0.3, 0.4) is 0 Å². The molecule has 2 aromatic rings. The molecule has 2 amide bonds. The molecule has 0 aliphatic rings. The summed E-state index contributed by atoms with van der Waals surface area (Å²) < 4.78 is 6.71. The number of rotatable bonds is 8. The summed E-state index contributed by atoms with van der Waals surface area (Å²) in [6.45, 7) is 5.59. The standard InChI is InChI=1S/C21H24ClIN2O3/c1-14(2)24-21(27)15(3)25(12-16-5-4-6-17(22)11-16)20(26)13-28-19-9-7-18(23)8-10-19/h4-11,14-15H,12-13H2,1-3H3,(H,24,27)/t15-/m1/s1. The molecule has 2 aromatic carbocycles. The number of benzene rings is 2. The molecule has 28 heavy (non-hydrogen) atoms. The lowest BCUT2D eigenvalue weighted by atomic mass is 10.1. The molecule has 0 aromatic heterocycles. The first-order valence-electron chi connectivity index (χ1n) is 8.99. The largest absolute Gasteiger partial charge is 0.484 e. The first kappa shape index (κ1) is 22.5. The lowest BCUT2D eigenvalue weighted by Gasteiger charge is -2.29. The zero-order valence-electron chi connectivity index (χ0n) is 16.1. The van der Waals surface area contributed by atoms with Crippen molar-refractivity contribution in [2.24, 2.45) is 0 Å². The third-order valence-corrected chi connectivity index (χ3v) is 4.97. The maximum Gasteiger partial charge on any atom is 0.261 e. The van der Waals surface area contributed by atoms with Gasteiger partial charge in [-0.15, -0.1) is 0 Å². The molecule has 5 nitrogen and oxygen atoms in total. The Kier molecular flexibility index (Phi) is 8.57. The van der Waals surface area contributed by atoms with E-state index in [4.69, 9.17) is 16.3 Å². The zero-order chi connectivity index (χ0) is 20.7. The van der Waals surface area contributed by atoms with E-state index in [9.17, 15) is 9.59 Å². The number of halogens is 2. The molecule has 150 valence electrons. The fourth-order valence-electron chi connectivity index (χ4n) is 2.58. The lowest BCUT2D eigenvalue weighted by molar-refractivity contribution is -0.142. The summed E-state index contributed by atoms with van der Waals surface area (Å²) in [5, 5.41) is 3.44. The predicted molar refractivity (Wildman–Crippen MR) is 119 cm³/mol. The van der Waals surface area contributed by atoms with Crippen molar-refractivity contribution in [1.82, 2.24) is 10.2 Å². The normalized spacial score (nSPS) is 11.8. The van der Waals surface area contributed by atoms with Crippen molar-refractivity contribution in [3.63, 3.8) is 0 Å².